The van der Waals surface area contributed by atoms with Crippen molar-refractivity contribution in [2.24, 2.45) is 11.8 Å². The molecule has 31 heavy (non-hydrogen) atoms. The van der Waals surface area contributed by atoms with Crippen LogP contribution < -0.4 is 0 Å². The predicted molar refractivity (Wildman–Crippen MR) is 129 cm³/mol. The second-order valence-corrected chi connectivity index (χ2v) is 10.0. The molecule has 2 N–H and O–H groups in total. The Hall–Kier alpha value is -0.200. The van der Waals surface area contributed by atoms with E-state index in [1.807, 2.05) is 0 Å². The van der Waals surface area contributed by atoms with E-state index in [0.717, 1.165) is 50.7 Å². The summed E-state index contributed by atoms with van der Waals surface area (Å²) in [7, 11) is 0. The monoisotopic (exact) mass is 443 g/mol. The van der Waals surface area contributed by atoms with E-state index in [-0.39, 0.29) is 0 Å². The van der Waals surface area contributed by atoms with Gasteiger partial charge in [-0.2, -0.15) is 0 Å². The zero-order valence-corrected chi connectivity index (χ0v) is 21.1. The highest BCUT2D eigenvalue weighted by atomic mass is 16.5. The summed E-state index contributed by atoms with van der Waals surface area (Å²) < 4.78 is 11.5. The van der Waals surface area contributed by atoms with Crippen LogP contribution in [0.15, 0.2) is 0 Å². The minimum absolute atomic E-state index is 0.381. The summed E-state index contributed by atoms with van der Waals surface area (Å²) in [6, 6.07) is 0.453. The summed E-state index contributed by atoms with van der Waals surface area (Å²) in [5, 5.41) is 21.1. The average molecular weight is 444 g/mol. The summed E-state index contributed by atoms with van der Waals surface area (Å²) in [6.45, 7) is 12.3. The van der Waals surface area contributed by atoms with Gasteiger partial charge in [-0.15, -0.1) is 0 Å². The molecular weight excluding hydrogens is 390 g/mol. The van der Waals surface area contributed by atoms with E-state index in [0.29, 0.717) is 32.3 Å². The van der Waals surface area contributed by atoms with Crippen molar-refractivity contribution in [1.82, 2.24) is 4.90 Å². The first-order valence-electron chi connectivity index (χ1n) is 13.2. The highest BCUT2D eigenvalue weighted by Gasteiger charge is 2.25. The highest BCUT2D eigenvalue weighted by Crippen LogP contribution is 2.23. The van der Waals surface area contributed by atoms with Crippen LogP contribution in [0.5, 0.6) is 0 Å². The Morgan fingerprint density at radius 3 is 1.65 bits per heavy atom. The number of nitrogens with zero attached hydrogens (tertiary/aromatic N) is 1. The lowest BCUT2D eigenvalue weighted by molar-refractivity contribution is -0.0265. The molecule has 4 atom stereocenters. The van der Waals surface area contributed by atoms with Crippen LogP contribution in [0.4, 0.5) is 0 Å². The van der Waals surface area contributed by atoms with Crippen LogP contribution in [0.1, 0.15) is 98.3 Å². The van der Waals surface area contributed by atoms with Gasteiger partial charge in [0.25, 0.3) is 0 Å². The van der Waals surface area contributed by atoms with Crippen LogP contribution in [0.25, 0.3) is 0 Å². The zero-order valence-electron chi connectivity index (χ0n) is 21.1. The number of rotatable bonds is 19. The first-order valence-corrected chi connectivity index (χ1v) is 13.2. The minimum Gasteiger partial charge on any atom is -0.389 e. The summed E-state index contributed by atoms with van der Waals surface area (Å²) in [6.07, 6.45) is 12.0. The van der Waals surface area contributed by atoms with Gasteiger partial charge >= 0.3 is 0 Å². The van der Waals surface area contributed by atoms with Gasteiger partial charge in [0.2, 0.25) is 0 Å². The van der Waals surface area contributed by atoms with Crippen molar-refractivity contribution in [3.05, 3.63) is 0 Å². The topological polar surface area (TPSA) is 62.2 Å². The molecule has 0 radical (unpaired) electrons. The van der Waals surface area contributed by atoms with Crippen molar-refractivity contribution in [1.29, 1.82) is 0 Å². The molecule has 1 saturated carbocycles. The molecular formula is C26H53NO4. The van der Waals surface area contributed by atoms with Gasteiger partial charge in [-0.3, -0.25) is 4.90 Å². The van der Waals surface area contributed by atoms with Crippen molar-refractivity contribution >= 4 is 0 Å². The van der Waals surface area contributed by atoms with E-state index in [4.69, 9.17) is 9.47 Å². The highest BCUT2D eigenvalue weighted by molar-refractivity contribution is 4.80. The molecule has 0 aromatic carbocycles. The third-order valence-electron chi connectivity index (χ3n) is 6.97. The molecule has 4 unspecified atom stereocenters. The summed E-state index contributed by atoms with van der Waals surface area (Å²) >= 11 is 0. The van der Waals surface area contributed by atoms with Gasteiger partial charge in [0, 0.05) is 32.3 Å². The van der Waals surface area contributed by atoms with Gasteiger partial charge in [0.15, 0.2) is 0 Å². The third kappa shape index (κ3) is 14.5. The Kier molecular flexibility index (Phi) is 17.0. The quantitative estimate of drug-likeness (QED) is 0.274. The number of aliphatic hydroxyl groups is 2. The van der Waals surface area contributed by atoms with E-state index in [9.17, 15) is 10.2 Å². The third-order valence-corrected chi connectivity index (χ3v) is 6.97. The second-order valence-electron chi connectivity index (χ2n) is 10.0. The standard InChI is InChI=1S/C26H53NO4/c1-5-22(3)12-10-16-30-20-25(28)18-27(24-14-8-7-9-15-24)19-26(29)21-31-17-11-13-23(4)6-2/h22-26,28-29H,5-21H2,1-4H3. The van der Waals surface area contributed by atoms with Crippen LogP contribution in [0.3, 0.4) is 0 Å². The lowest BCUT2D eigenvalue weighted by Crippen LogP contribution is -2.47. The van der Waals surface area contributed by atoms with Crippen molar-refractivity contribution in [2.45, 2.75) is 117 Å². The molecule has 1 aliphatic rings. The average Bonchev–Trinajstić information content (AvgIpc) is 2.78. The molecule has 5 nitrogen and oxygen atoms in total. The lowest BCUT2D eigenvalue weighted by atomic mass is 9.93. The predicted octanol–water partition coefficient (Wildman–Crippen LogP) is 5.03. The smallest absolute Gasteiger partial charge is 0.0900 e. The summed E-state index contributed by atoms with van der Waals surface area (Å²) in [4.78, 5) is 2.29. The normalized spacial score (nSPS) is 19.5. The van der Waals surface area contributed by atoms with Gasteiger partial charge < -0.3 is 19.7 Å². The molecule has 186 valence electrons. The van der Waals surface area contributed by atoms with Crippen LogP contribution >= 0.6 is 0 Å². The zero-order chi connectivity index (χ0) is 22.9. The number of hydrogen-bond donors (Lipinski definition) is 2. The van der Waals surface area contributed by atoms with Gasteiger partial charge in [0.1, 0.15) is 0 Å². The van der Waals surface area contributed by atoms with Crippen molar-refractivity contribution in [3.63, 3.8) is 0 Å². The van der Waals surface area contributed by atoms with E-state index in [2.05, 4.69) is 32.6 Å². The molecule has 0 saturated heterocycles. The van der Waals surface area contributed by atoms with Crippen molar-refractivity contribution in [2.75, 3.05) is 39.5 Å². The van der Waals surface area contributed by atoms with Crippen molar-refractivity contribution < 1.29 is 19.7 Å². The number of ether oxygens (including phenoxy) is 2. The number of hydrogen-bond acceptors (Lipinski definition) is 5. The summed E-state index contributed by atoms with van der Waals surface area (Å²) in [5.74, 6) is 1.49. The Morgan fingerprint density at radius 2 is 1.23 bits per heavy atom. The molecule has 0 aliphatic heterocycles. The van der Waals surface area contributed by atoms with Crippen LogP contribution in [-0.4, -0.2) is 72.9 Å². The van der Waals surface area contributed by atoms with Crippen LogP contribution in [-0.2, 0) is 9.47 Å². The van der Waals surface area contributed by atoms with Gasteiger partial charge in [-0.25, -0.2) is 0 Å². The molecule has 1 rings (SSSR count). The fraction of sp³-hybridized carbons (Fsp3) is 1.00. The first-order chi connectivity index (χ1) is 15.0. The molecule has 0 aromatic heterocycles. The fourth-order valence-corrected chi connectivity index (χ4v) is 4.38. The molecule has 5 heteroatoms. The molecule has 0 bridgehead atoms. The Balaban J connectivity index is 2.33. The number of aliphatic hydroxyl groups excluding tert-OH is 2. The maximum absolute atomic E-state index is 10.6. The maximum atomic E-state index is 10.6. The van der Waals surface area contributed by atoms with Crippen molar-refractivity contribution in [3.8, 4) is 0 Å². The lowest BCUT2D eigenvalue weighted by Gasteiger charge is -2.36. The van der Waals surface area contributed by atoms with E-state index < -0.39 is 12.2 Å². The van der Waals surface area contributed by atoms with Gasteiger partial charge in [-0.1, -0.05) is 59.8 Å². The molecule has 1 fully saturated rings. The van der Waals surface area contributed by atoms with E-state index in [1.165, 1.54) is 44.9 Å². The Morgan fingerprint density at radius 1 is 0.774 bits per heavy atom. The second kappa shape index (κ2) is 18.3. The SMILES string of the molecule is CCC(C)CCCOCC(O)CN(CC(O)COCCCC(C)CC)C1CCCCC1. The Labute approximate surface area is 192 Å². The molecule has 0 spiro atoms. The first kappa shape index (κ1) is 28.8. The fourth-order valence-electron chi connectivity index (χ4n) is 4.38. The molecule has 0 amide bonds. The maximum Gasteiger partial charge on any atom is 0.0900 e. The molecule has 0 aromatic rings. The van der Waals surface area contributed by atoms with Crippen LogP contribution in [0.2, 0.25) is 0 Å². The molecule has 0 heterocycles. The van der Waals surface area contributed by atoms with E-state index in [1.54, 1.807) is 0 Å². The van der Waals surface area contributed by atoms with Crippen LogP contribution in [0, 0.1) is 11.8 Å². The van der Waals surface area contributed by atoms with E-state index >= 15 is 0 Å². The van der Waals surface area contributed by atoms with Gasteiger partial charge in [0.05, 0.1) is 25.4 Å². The minimum atomic E-state index is -0.505. The Bertz CT molecular complexity index is 375. The molecule has 1 aliphatic carbocycles. The summed E-state index contributed by atoms with van der Waals surface area (Å²) in [5.41, 5.74) is 0. The largest absolute Gasteiger partial charge is 0.389 e. The van der Waals surface area contributed by atoms with Gasteiger partial charge in [-0.05, 0) is 50.4 Å².